The first-order valence-corrected chi connectivity index (χ1v) is 11.5. The maximum Gasteiger partial charge on any atom is 0.243 e. The number of nitrogens with one attached hydrogen (secondary N) is 2. The number of rotatable bonds is 10. The lowest BCUT2D eigenvalue weighted by molar-refractivity contribution is -0.114. The molecule has 176 valence electrons. The molecule has 13 heteroatoms. The SMILES string of the molecule is CCN(CC)S(=O)(=O)c1ccc(OC)c(NC(=O)CNc2cc(-n3cnnn3)ccc2F)c1. The summed E-state index contributed by atoms with van der Waals surface area (Å²) in [4.78, 5) is 12.6. The minimum atomic E-state index is -3.73. The van der Waals surface area contributed by atoms with Gasteiger partial charge in [0.05, 0.1) is 35.6 Å². The van der Waals surface area contributed by atoms with Crippen LogP contribution in [0.5, 0.6) is 5.75 Å². The topological polar surface area (TPSA) is 131 Å². The Kier molecular flexibility index (Phi) is 7.55. The molecule has 33 heavy (non-hydrogen) atoms. The van der Waals surface area contributed by atoms with E-state index >= 15 is 0 Å². The summed E-state index contributed by atoms with van der Waals surface area (Å²) in [6, 6.07) is 8.39. The summed E-state index contributed by atoms with van der Waals surface area (Å²) < 4.78 is 47.7. The fraction of sp³-hybridized carbons (Fsp3) is 0.300. The molecule has 11 nitrogen and oxygen atoms in total. The van der Waals surface area contributed by atoms with Gasteiger partial charge in [-0.15, -0.1) is 5.10 Å². The van der Waals surface area contributed by atoms with Crippen LogP contribution in [0.3, 0.4) is 0 Å². The Morgan fingerprint density at radius 1 is 1.15 bits per heavy atom. The number of halogens is 1. The largest absolute Gasteiger partial charge is 0.495 e. The molecule has 0 aliphatic carbocycles. The Labute approximate surface area is 190 Å². The number of aromatic nitrogens is 4. The highest BCUT2D eigenvalue weighted by atomic mass is 32.2. The normalized spacial score (nSPS) is 11.4. The second-order valence-electron chi connectivity index (χ2n) is 6.77. The Balaban J connectivity index is 1.76. The van der Waals surface area contributed by atoms with Crippen molar-refractivity contribution in [3.05, 3.63) is 48.5 Å². The number of nitrogens with zero attached hydrogens (tertiary/aromatic N) is 5. The third-order valence-electron chi connectivity index (χ3n) is 4.79. The van der Waals surface area contributed by atoms with E-state index in [0.29, 0.717) is 18.8 Å². The van der Waals surface area contributed by atoms with Crippen LogP contribution < -0.4 is 15.4 Å². The number of methoxy groups -OCH3 is 1. The summed E-state index contributed by atoms with van der Waals surface area (Å²) in [5, 5.41) is 16.1. The molecule has 0 radical (unpaired) electrons. The number of benzene rings is 2. The molecule has 0 unspecified atom stereocenters. The molecule has 0 aliphatic rings. The smallest absolute Gasteiger partial charge is 0.243 e. The Morgan fingerprint density at radius 3 is 2.55 bits per heavy atom. The van der Waals surface area contributed by atoms with Crippen molar-refractivity contribution in [2.45, 2.75) is 18.7 Å². The lowest BCUT2D eigenvalue weighted by Crippen LogP contribution is -2.30. The van der Waals surface area contributed by atoms with Gasteiger partial charge in [-0.2, -0.15) is 4.31 Å². The van der Waals surface area contributed by atoms with Gasteiger partial charge in [-0.3, -0.25) is 4.79 Å². The fourth-order valence-electron chi connectivity index (χ4n) is 3.10. The molecule has 2 N–H and O–H groups in total. The summed E-state index contributed by atoms with van der Waals surface area (Å²) in [6.07, 6.45) is 1.36. The zero-order valence-corrected chi connectivity index (χ0v) is 19.1. The third-order valence-corrected chi connectivity index (χ3v) is 6.84. The van der Waals surface area contributed by atoms with Gasteiger partial charge in [0.25, 0.3) is 0 Å². The third kappa shape index (κ3) is 5.43. The van der Waals surface area contributed by atoms with Crippen molar-refractivity contribution in [2.24, 2.45) is 0 Å². The van der Waals surface area contributed by atoms with E-state index < -0.39 is 21.7 Å². The first-order valence-electron chi connectivity index (χ1n) is 10.0. The van der Waals surface area contributed by atoms with Crippen molar-refractivity contribution in [3.8, 4) is 11.4 Å². The molecule has 0 atom stereocenters. The van der Waals surface area contributed by atoms with E-state index in [0.717, 1.165) is 0 Å². The highest BCUT2D eigenvalue weighted by Gasteiger charge is 2.23. The first kappa shape index (κ1) is 24.1. The molecule has 3 rings (SSSR count). The number of amides is 1. The lowest BCUT2D eigenvalue weighted by Gasteiger charge is -2.19. The van der Waals surface area contributed by atoms with Crippen LogP contribution in [0.2, 0.25) is 0 Å². The number of ether oxygens (including phenoxy) is 1. The van der Waals surface area contributed by atoms with Crippen molar-refractivity contribution in [1.82, 2.24) is 24.5 Å². The van der Waals surface area contributed by atoms with Gasteiger partial charge < -0.3 is 15.4 Å². The highest BCUT2D eigenvalue weighted by Crippen LogP contribution is 2.29. The molecular formula is C20H24FN7O4S. The standard InChI is InChI=1S/C20H24FN7O4S/c1-4-27(5-2)33(30,31)15-7-9-19(32-3)18(11-15)24-20(29)12-22-17-10-14(6-8-16(17)21)28-13-23-25-26-28/h6-11,13,22H,4-5,12H2,1-3H3,(H,24,29). The van der Waals surface area contributed by atoms with Gasteiger partial charge >= 0.3 is 0 Å². The van der Waals surface area contributed by atoms with E-state index in [9.17, 15) is 17.6 Å². The maximum atomic E-state index is 14.2. The predicted octanol–water partition coefficient (Wildman–Crippen LogP) is 1.89. The molecule has 1 heterocycles. The molecule has 0 bridgehead atoms. The Bertz CT molecular complexity index is 1220. The van der Waals surface area contributed by atoms with Crippen LogP contribution >= 0.6 is 0 Å². The molecule has 0 saturated carbocycles. The predicted molar refractivity (Wildman–Crippen MR) is 119 cm³/mol. The highest BCUT2D eigenvalue weighted by molar-refractivity contribution is 7.89. The van der Waals surface area contributed by atoms with Crippen molar-refractivity contribution < 1.29 is 22.3 Å². The van der Waals surface area contributed by atoms with E-state index in [2.05, 4.69) is 26.2 Å². The number of tetrazole rings is 1. The second kappa shape index (κ2) is 10.4. The van der Waals surface area contributed by atoms with Crippen molar-refractivity contribution >= 4 is 27.3 Å². The second-order valence-corrected chi connectivity index (χ2v) is 8.71. The Morgan fingerprint density at radius 2 is 1.91 bits per heavy atom. The van der Waals surface area contributed by atoms with Gasteiger partial charge in [-0.1, -0.05) is 13.8 Å². The first-order chi connectivity index (χ1) is 15.8. The van der Waals surface area contributed by atoms with Crippen LogP contribution in [-0.2, 0) is 14.8 Å². The molecular weight excluding hydrogens is 453 g/mol. The maximum absolute atomic E-state index is 14.2. The molecule has 0 aliphatic heterocycles. The molecule has 1 amide bonds. The zero-order valence-electron chi connectivity index (χ0n) is 18.3. The number of hydrogen-bond acceptors (Lipinski definition) is 8. The minimum absolute atomic E-state index is 0.0236. The summed E-state index contributed by atoms with van der Waals surface area (Å²) in [6.45, 7) is 3.82. The summed E-state index contributed by atoms with van der Waals surface area (Å²) in [5.74, 6) is -0.809. The Hall–Kier alpha value is -3.58. The van der Waals surface area contributed by atoms with Crippen molar-refractivity contribution in [2.75, 3.05) is 37.4 Å². The van der Waals surface area contributed by atoms with Crippen LogP contribution in [0, 0.1) is 5.82 Å². The number of carbonyl (C=O) groups is 1. The summed E-state index contributed by atoms with van der Waals surface area (Å²) in [7, 11) is -2.32. The molecule has 2 aromatic carbocycles. The average Bonchev–Trinajstić information content (AvgIpc) is 3.34. The number of hydrogen-bond donors (Lipinski definition) is 2. The molecule has 1 aromatic heterocycles. The van der Waals surface area contributed by atoms with Gasteiger partial charge in [0.2, 0.25) is 15.9 Å². The van der Waals surface area contributed by atoms with Gasteiger partial charge in [-0.25, -0.2) is 17.5 Å². The molecule has 3 aromatic rings. The van der Waals surface area contributed by atoms with E-state index in [4.69, 9.17) is 4.74 Å². The van der Waals surface area contributed by atoms with Crippen LogP contribution in [0.25, 0.3) is 5.69 Å². The van der Waals surface area contributed by atoms with Gasteiger partial charge in [0, 0.05) is 13.1 Å². The average molecular weight is 478 g/mol. The van der Waals surface area contributed by atoms with Crippen molar-refractivity contribution in [3.63, 3.8) is 0 Å². The van der Waals surface area contributed by atoms with E-state index in [1.807, 2.05) is 0 Å². The monoisotopic (exact) mass is 477 g/mol. The van der Waals surface area contributed by atoms with E-state index in [1.165, 1.54) is 58.8 Å². The van der Waals surface area contributed by atoms with Crippen LogP contribution in [0.1, 0.15) is 13.8 Å². The number of sulfonamides is 1. The van der Waals surface area contributed by atoms with Gasteiger partial charge in [0.1, 0.15) is 17.9 Å². The van der Waals surface area contributed by atoms with E-state index in [1.54, 1.807) is 13.8 Å². The molecule has 0 fully saturated rings. The van der Waals surface area contributed by atoms with Crippen LogP contribution in [0.15, 0.2) is 47.6 Å². The van der Waals surface area contributed by atoms with E-state index in [-0.39, 0.29) is 28.6 Å². The number of anilines is 2. The molecule has 0 spiro atoms. The zero-order chi connectivity index (χ0) is 24.0. The summed E-state index contributed by atoms with van der Waals surface area (Å²) >= 11 is 0. The van der Waals surface area contributed by atoms with Gasteiger partial charge in [-0.05, 0) is 46.8 Å². The minimum Gasteiger partial charge on any atom is -0.495 e. The summed E-state index contributed by atoms with van der Waals surface area (Å²) in [5.41, 5.74) is 0.753. The van der Waals surface area contributed by atoms with Crippen LogP contribution in [0.4, 0.5) is 15.8 Å². The van der Waals surface area contributed by atoms with Gasteiger partial charge in [0.15, 0.2) is 0 Å². The fourth-order valence-corrected chi connectivity index (χ4v) is 4.58. The quantitative estimate of drug-likeness (QED) is 0.453. The lowest BCUT2D eigenvalue weighted by atomic mass is 10.2. The van der Waals surface area contributed by atoms with Crippen molar-refractivity contribution in [1.29, 1.82) is 0 Å². The van der Waals surface area contributed by atoms with Crippen LogP contribution in [-0.4, -0.2) is 65.6 Å². The molecule has 0 saturated heterocycles. The number of carbonyl (C=O) groups excluding carboxylic acids is 1.